The van der Waals surface area contributed by atoms with Crippen LogP contribution in [0.25, 0.3) is 0 Å². The Bertz CT molecular complexity index is 414. The van der Waals surface area contributed by atoms with Crippen LogP contribution < -0.4 is 5.32 Å². The molecule has 0 aliphatic carbocycles. The number of amides is 1. The molecular formula is C10H14N4O. The van der Waals surface area contributed by atoms with E-state index in [1.165, 1.54) is 4.68 Å². The molecule has 0 unspecified atom stereocenters. The van der Waals surface area contributed by atoms with Crippen molar-refractivity contribution in [3.05, 3.63) is 11.3 Å². The van der Waals surface area contributed by atoms with Crippen LogP contribution in [0.15, 0.2) is 0 Å². The molecule has 1 aromatic rings. The number of nitrogens with zero attached hydrogens (tertiary/aromatic N) is 3. The van der Waals surface area contributed by atoms with Gasteiger partial charge in [-0.1, -0.05) is 6.92 Å². The number of rotatable bonds is 3. The first kappa shape index (κ1) is 11.2. The zero-order valence-electron chi connectivity index (χ0n) is 9.16. The van der Waals surface area contributed by atoms with E-state index in [-0.39, 0.29) is 5.91 Å². The maximum absolute atomic E-state index is 11.4. The molecule has 1 rings (SSSR count). The molecule has 80 valence electrons. The lowest BCUT2D eigenvalue weighted by Crippen LogP contribution is -2.14. The number of carbonyl (C=O) groups is 1. The number of hydrogen-bond acceptors (Lipinski definition) is 3. The Hall–Kier alpha value is -1.83. The summed E-state index contributed by atoms with van der Waals surface area (Å²) in [5.41, 5.74) is 1.06. The highest BCUT2D eigenvalue weighted by Gasteiger charge is 2.14. The van der Waals surface area contributed by atoms with Gasteiger partial charge in [0.25, 0.3) is 0 Å². The molecule has 0 fully saturated rings. The van der Waals surface area contributed by atoms with Crippen molar-refractivity contribution in [2.75, 3.05) is 5.32 Å². The molecule has 0 aliphatic rings. The lowest BCUT2D eigenvalue weighted by molar-refractivity contribution is -0.116. The molecule has 1 aromatic heterocycles. The minimum Gasteiger partial charge on any atom is -0.310 e. The number of nitrogens with one attached hydrogen (secondary N) is 1. The monoisotopic (exact) mass is 206 g/mol. The Balaban J connectivity index is 2.94. The van der Waals surface area contributed by atoms with Gasteiger partial charge in [0, 0.05) is 13.5 Å². The second-order valence-electron chi connectivity index (χ2n) is 3.34. The topological polar surface area (TPSA) is 70.7 Å². The summed E-state index contributed by atoms with van der Waals surface area (Å²) in [6, 6.07) is 2.03. The van der Waals surface area contributed by atoms with Crippen molar-refractivity contribution in [2.45, 2.75) is 26.7 Å². The van der Waals surface area contributed by atoms with Crippen molar-refractivity contribution in [3.63, 3.8) is 0 Å². The van der Waals surface area contributed by atoms with Crippen LogP contribution >= 0.6 is 0 Å². The van der Waals surface area contributed by atoms with Crippen LogP contribution in [-0.4, -0.2) is 15.7 Å². The SMILES string of the molecule is CCCC(=O)Nc1c(C#N)c(C)nn1C. The highest BCUT2D eigenvalue weighted by atomic mass is 16.1. The summed E-state index contributed by atoms with van der Waals surface area (Å²) in [5.74, 6) is 0.394. The number of aromatic nitrogens is 2. The molecule has 5 heteroatoms. The van der Waals surface area contributed by atoms with Gasteiger partial charge in [0.05, 0.1) is 5.69 Å². The van der Waals surface area contributed by atoms with Gasteiger partial charge in [-0.15, -0.1) is 0 Å². The minimum absolute atomic E-state index is 0.0861. The smallest absolute Gasteiger partial charge is 0.225 e. The van der Waals surface area contributed by atoms with Crippen LogP contribution in [0.3, 0.4) is 0 Å². The molecule has 0 saturated carbocycles. The van der Waals surface area contributed by atoms with Crippen molar-refractivity contribution in [2.24, 2.45) is 7.05 Å². The Kier molecular flexibility index (Phi) is 3.45. The predicted molar refractivity (Wildman–Crippen MR) is 56.2 cm³/mol. The van der Waals surface area contributed by atoms with Crippen molar-refractivity contribution < 1.29 is 4.79 Å². The van der Waals surface area contributed by atoms with Gasteiger partial charge >= 0.3 is 0 Å². The minimum atomic E-state index is -0.0861. The Morgan fingerprint density at radius 3 is 2.87 bits per heavy atom. The average molecular weight is 206 g/mol. The lowest BCUT2D eigenvalue weighted by atomic mass is 10.2. The molecule has 5 nitrogen and oxygen atoms in total. The van der Waals surface area contributed by atoms with E-state index in [9.17, 15) is 4.79 Å². The van der Waals surface area contributed by atoms with Gasteiger partial charge in [-0.25, -0.2) is 0 Å². The molecular weight excluding hydrogens is 192 g/mol. The molecule has 1 amide bonds. The highest BCUT2D eigenvalue weighted by molar-refractivity contribution is 5.91. The zero-order valence-corrected chi connectivity index (χ0v) is 9.16. The summed E-state index contributed by atoms with van der Waals surface area (Å²) in [4.78, 5) is 11.4. The van der Waals surface area contributed by atoms with Crippen LogP contribution in [0.5, 0.6) is 0 Å². The fourth-order valence-electron chi connectivity index (χ4n) is 1.36. The van der Waals surface area contributed by atoms with E-state index in [1.54, 1.807) is 14.0 Å². The van der Waals surface area contributed by atoms with Crippen LogP contribution in [0.4, 0.5) is 5.82 Å². The van der Waals surface area contributed by atoms with E-state index < -0.39 is 0 Å². The second-order valence-corrected chi connectivity index (χ2v) is 3.34. The first-order valence-electron chi connectivity index (χ1n) is 4.83. The van der Waals surface area contributed by atoms with E-state index >= 15 is 0 Å². The summed E-state index contributed by atoms with van der Waals surface area (Å²) in [6.07, 6.45) is 1.24. The van der Waals surface area contributed by atoms with Crippen LogP contribution in [0.1, 0.15) is 31.0 Å². The van der Waals surface area contributed by atoms with E-state index in [4.69, 9.17) is 5.26 Å². The number of nitriles is 1. The molecule has 15 heavy (non-hydrogen) atoms. The maximum Gasteiger partial charge on any atom is 0.225 e. The van der Waals surface area contributed by atoms with E-state index in [1.807, 2.05) is 13.0 Å². The van der Waals surface area contributed by atoms with Gasteiger partial charge in [-0.2, -0.15) is 10.4 Å². The molecule has 0 saturated heterocycles. The van der Waals surface area contributed by atoms with Crippen molar-refractivity contribution in [1.29, 1.82) is 5.26 Å². The van der Waals surface area contributed by atoms with Gasteiger partial charge in [0.15, 0.2) is 0 Å². The zero-order chi connectivity index (χ0) is 11.4. The van der Waals surface area contributed by atoms with E-state index in [0.717, 1.165) is 6.42 Å². The van der Waals surface area contributed by atoms with Crippen molar-refractivity contribution >= 4 is 11.7 Å². The average Bonchev–Trinajstić information content (AvgIpc) is 2.42. The molecule has 1 N–H and O–H groups in total. The van der Waals surface area contributed by atoms with Gasteiger partial charge in [0.1, 0.15) is 17.5 Å². The Labute approximate surface area is 88.7 Å². The first-order valence-corrected chi connectivity index (χ1v) is 4.83. The number of hydrogen-bond donors (Lipinski definition) is 1. The number of carbonyl (C=O) groups excluding carboxylic acids is 1. The molecule has 0 atom stereocenters. The highest BCUT2D eigenvalue weighted by Crippen LogP contribution is 2.17. The fourth-order valence-corrected chi connectivity index (χ4v) is 1.36. The summed E-state index contributed by atoms with van der Waals surface area (Å²) in [7, 11) is 1.70. The number of aryl methyl sites for hydroxylation is 2. The van der Waals surface area contributed by atoms with Crippen LogP contribution in [-0.2, 0) is 11.8 Å². The largest absolute Gasteiger partial charge is 0.310 e. The van der Waals surface area contributed by atoms with Gasteiger partial charge in [-0.05, 0) is 13.3 Å². The molecule has 0 bridgehead atoms. The molecule has 0 radical (unpaired) electrons. The third kappa shape index (κ3) is 2.34. The maximum atomic E-state index is 11.4. The van der Waals surface area contributed by atoms with Crippen LogP contribution in [0, 0.1) is 18.3 Å². The quantitative estimate of drug-likeness (QED) is 0.811. The second kappa shape index (κ2) is 4.60. The van der Waals surface area contributed by atoms with Gasteiger partial charge < -0.3 is 5.32 Å². The third-order valence-corrected chi connectivity index (χ3v) is 2.07. The molecule has 0 aromatic carbocycles. The van der Waals surface area contributed by atoms with Crippen molar-refractivity contribution in [3.8, 4) is 6.07 Å². The number of anilines is 1. The summed E-state index contributed by atoms with van der Waals surface area (Å²) in [5, 5.41) is 15.7. The summed E-state index contributed by atoms with van der Waals surface area (Å²) >= 11 is 0. The summed E-state index contributed by atoms with van der Waals surface area (Å²) < 4.78 is 1.52. The fraction of sp³-hybridized carbons (Fsp3) is 0.500. The van der Waals surface area contributed by atoms with E-state index in [0.29, 0.717) is 23.5 Å². The van der Waals surface area contributed by atoms with E-state index in [2.05, 4.69) is 10.4 Å². The summed E-state index contributed by atoms with van der Waals surface area (Å²) in [6.45, 7) is 3.67. The molecule has 0 aliphatic heterocycles. The van der Waals surface area contributed by atoms with Gasteiger partial charge in [0.2, 0.25) is 5.91 Å². The predicted octanol–water partition coefficient (Wildman–Crippen LogP) is 1.34. The standard InChI is InChI=1S/C10H14N4O/c1-4-5-9(15)12-10-8(6-11)7(2)13-14(10)3/h4-5H2,1-3H3,(H,12,15). The normalized spacial score (nSPS) is 9.73. The Morgan fingerprint density at radius 2 is 2.33 bits per heavy atom. The Morgan fingerprint density at radius 1 is 1.67 bits per heavy atom. The lowest BCUT2D eigenvalue weighted by Gasteiger charge is -2.04. The molecule has 1 heterocycles. The van der Waals surface area contributed by atoms with Crippen molar-refractivity contribution in [1.82, 2.24) is 9.78 Å². The molecule has 0 spiro atoms. The van der Waals surface area contributed by atoms with Gasteiger partial charge in [-0.3, -0.25) is 9.48 Å². The van der Waals surface area contributed by atoms with Crippen LogP contribution in [0.2, 0.25) is 0 Å². The first-order chi connectivity index (χ1) is 7.10. The third-order valence-electron chi connectivity index (χ3n) is 2.07.